The van der Waals surface area contributed by atoms with Crippen LogP contribution in [0, 0.1) is 0 Å². The van der Waals surface area contributed by atoms with Crippen molar-refractivity contribution in [2.75, 3.05) is 31.6 Å². The van der Waals surface area contributed by atoms with Gasteiger partial charge in [-0.15, -0.1) is 0 Å². The average Bonchev–Trinajstić information content (AvgIpc) is 2.32. The third-order valence-electron chi connectivity index (χ3n) is 3.50. The molecule has 1 atom stereocenters. The molecule has 18 heavy (non-hydrogen) atoms. The van der Waals surface area contributed by atoms with Crippen LogP contribution in [0.15, 0.2) is 24.3 Å². The molecule has 1 aliphatic heterocycles. The summed E-state index contributed by atoms with van der Waals surface area (Å²) in [5, 5.41) is 0. The minimum atomic E-state index is -4.27. The van der Waals surface area contributed by atoms with Crippen LogP contribution in [0.1, 0.15) is 12.5 Å². The Morgan fingerprint density at radius 2 is 1.94 bits per heavy atom. The molecule has 1 aromatic carbocycles. The van der Waals surface area contributed by atoms with Crippen LogP contribution in [0.3, 0.4) is 0 Å². The molecule has 2 rings (SSSR count). The smallest absolute Gasteiger partial charge is 0.369 e. The van der Waals surface area contributed by atoms with Gasteiger partial charge < -0.3 is 9.80 Å². The predicted molar refractivity (Wildman–Crippen MR) is 65.7 cm³/mol. The van der Waals surface area contributed by atoms with Crippen molar-refractivity contribution in [1.82, 2.24) is 4.90 Å². The summed E-state index contributed by atoms with van der Waals surface area (Å²) < 4.78 is 37.9. The van der Waals surface area contributed by atoms with Crippen molar-refractivity contribution in [3.63, 3.8) is 0 Å². The molecule has 0 bridgehead atoms. The van der Waals surface area contributed by atoms with E-state index in [1.54, 1.807) is 6.07 Å². The quantitative estimate of drug-likeness (QED) is 0.764. The molecule has 100 valence electrons. The standard InChI is InChI=1S/C13H17F3N2/c1-10-9-18(7-6-17(10)2)12-5-3-4-11(8-12)13(14,15)16/h3-5,8,10H,6-7,9H2,1-2H3. The maximum Gasteiger partial charge on any atom is 0.416 e. The van der Waals surface area contributed by atoms with Gasteiger partial charge in [-0.3, -0.25) is 0 Å². The Morgan fingerprint density at radius 3 is 2.56 bits per heavy atom. The summed E-state index contributed by atoms with van der Waals surface area (Å²) in [4.78, 5) is 4.23. The Kier molecular flexibility index (Phi) is 3.52. The van der Waals surface area contributed by atoms with Gasteiger partial charge in [0.05, 0.1) is 5.56 Å². The van der Waals surface area contributed by atoms with Crippen molar-refractivity contribution in [2.24, 2.45) is 0 Å². The number of nitrogens with zero attached hydrogens (tertiary/aromatic N) is 2. The largest absolute Gasteiger partial charge is 0.416 e. The van der Waals surface area contributed by atoms with Crippen molar-refractivity contribution in [3.05, 3.63) is 29.8 Å². The topological polar surface area (TPSA) is 6.48 Å². The molecule has 1 saturated heterocycles. The number of likely N-dealkylation sites (N-methyl/N-ethyl adjacent to an activating group) is 1. The van der Waals surface area contributed by atoms with Gasteiger partial charge in [-0.2, -0.15) is 13.2 Å². The van der Waals surface area contributed by atoms with Crippen LogP contribution in [0.4, 0.5) is 18.9 Å². The number of alkyl halides is 3. The maximum atomic E-state index is 12.6. The van der Waals surface area contributed by atoms with Gasteiger partial charge >= 0.3 is 6.18 Å². The van der Waals surface area contributed by atoms with Crippen molar-refractivity contribution >= 4 is 5.69 Å². The molecular formula is C13H17F3N2. The van der Waals surface area contributed by atoms with E-state index in [1.165, 1.54) is 12.1 Å². The van der Waals surface area contributed by atoms with Crippen LogP contribution in [0.5, 0.6) is 0 Å². The average molecular weight is 258 g/mol. The van der Waals surface area contributed by atoms with E-state index in [0.29, 0.717) is 11.7 Å². The molecule has 0 radical (unpaired) electrons. The van der Waals surface area contributed by atoms with E-state index in [1.807, 2.05) is 11.9 Å². The molecular weight excluding hydrogens is 241 g/mol. The van der Waals surface area contributed by atoms with E-state index < -0.39 is 11.7 Å². The molecule has 0 aromatic heterocycles. The molecule has 1 unspecified atom stereocenters. The Balaban J connectivity index is 2.19. The summed E-state index contributed by atoms with van der Waals surface area (Å²) in [5.74, 6) is 0. The summed E-state index contributed by atoms with van der Waals surface area (Å²) in [6.07, 6.45) is -4.27. The zero-order valence-corrected chi connectivity index (χ0v) is 10.5. The highest BCUT2D eigenvalue weighted by atomic mass is 19.4. The zero-order chi connectivity index (χ0) is 13.3. The lowest BCUT2D eigenvalue weighted by Crippen LogP contribution is -2.50. The van der Waals surface area contributed by atoms with Gasteiger partial charge in [-0.25, -0.2) is 0 Å². The highest BCUT2D eigenvalue weighted by Crippen LogP contribution is 2.32. The lowest BCUT2D eigenvalue weighted by molar-refractivity contribution is -0.137. The van der Waals surface area contributed by atoms with Gasteiger partial charge in [0.15, 0.2) is 0 Å². The SMILES string of the molecule is CC1CN(c2cccc(C(F)(F)F)c2)CCN1C. The summed E-state index contributed by atoms with van der Waals surface area (Å²) in [6, 6.07) is 5.92. The summed E-state index contributed by atoms with van der Waals surface area (Å²) >= 11 is 0. The van der Waals surface area contributed by atoms with Crippen LogP contribution >= 0.6 is 0 Å². The van der Waals surface area contributed by atoms with E-state index in [4.69, 9.17) is 0 Å². The number of rotatable bonds is 1. The molecule has 2 nitrogen and oxygen atoms in total. The molecule has 5 heteroatoms. The van der Waals surface area contributed by atoms with E-state index in [-0.39, 0.29) is 0 Å². The predicted octanol–water partition coefficient (Wildman–Crippen LogP) is 2.85. The lowest BCUT2D eigenvalue weighted by Gasteiger charge is -2.39. The van der Waals surface area contributed by atoms with E-state index in [2.05, 4.69) is 11.8 Å². The fourth-order valence-corrected chi connectivity index (χ4v) is 2.16. The minimum absolute atomic E-state index is 0.355. The van der Waals surface area contributed by atoms with Crippen LogP contribution in [0.2, 0.25) is 0 Å². The Morgan fingerprint density at radius 1 is 1.22 bits per heavy atom. The van der Waals surface area contributed by atoms with Crippen molar-refractivity contribution in [1.29, 1.82) is 0 Å². The monoisotopic (exact) mass is 258 g/mol. The second-order valence-electron chi connectivity index (χ2n) is 4.82. The number of anilines is 1. The second-order valence-corrected chi connectivity index (χ2v) is 4.82. The van der Waals surface area contributed by atoms with Gasteiger partial charge in [0.2, 0.25) is 0 Å². The van der Waals surface area contributed by atoms with Gasteiger partial charge in [0, 0.05) is 31.4 Å². The fraction of sp³-hybridized carbons (Fsp3) is 0.538. The van der Waals surface area contributed by atoms with Gasteiger partial charge in [0.1, 0.15) is 0 Å². The summed E-state index contributed by atoms with van der Waals surface area (Å²) in [5.41, 5.74) is 0.0800. The number of hydrogen-bond acceptors (Lipinski definition) is 2. The van der Waals surface area contributed by atoms with Crippen molar-refractivity contribution < 1.29 is 13.2 Å². The first kappa shape index (κ1) is 13.2. The van der Waals surface area contributed by atoms with Gasteiger partial charge in [-0.1, -0.05) is 6.07 Å². The summed E-state index contributed by atoms with van der Waals surface area (Å²) in [6.45, 7) is 4.48. The molecule has 1 aromatic rings. The van der Waals surface area contributed by atoms with Crippen LogP contribution in [0.25, 0.3) is 0 Å². The first-order valence-electron chi connectivity index (χ1n) is 6.00. The number of piperazine rings is 1. The second kappa shape index (κ2) is 4.80. The van der Waals surface area contributed by atoms with Crippen molar-refractivity contribution in [2.45, 2.75) is 19.1 Å². The van der Waals surface area contributed by atoms with E-state index >= 15 is 0 Å². The van der Waals surface area contributed by atoms with Crippen LogP contribution in [-0.4, -0.2) is 37.6 Å². The Bertz CT molecular complexity index is 417. The molecule has 1 aliphatic rings. The number of benzene rings is 1. The van der Waals surface area contributed by atoms with Crippen molar-refractivity contribution in [3.8, 4) is 0 Å². The molecule has 0 aliphatic carbocycles. The third kappa shape index (κ3) is 2.77. The highest BCUT2D eigenvalue weighted by molar-refractivity contribution is 5.49. The number of hydrogen-bond donors (Lipinski definition) is 0. The lowest BCUT2D eigenvalue weighted by atomic mass is 10.1. The Labute approximate surface area is 105 Å². The molecule has 0 saturated carbocycles. The Hall–Kier alpha value is -1.23. The van der Waals surface area contributed by atoms with E-state index in [0.717, 1.165) is 25.7 Å². The molecule has 0 spiro atoms. The normalized spacial score (nSPS) is 22.3. The highest BCUT2D eigenvalue weighted by Gasteiger charge is 2.31. The molecule has 0 N–H and O–H groups in total. The van der Waals surface area contributed by atoms with Crippen LogP contribution < -0.4 is 4.90 Å². The molecule has 1 fully saturated rings. The van der Waals surface area contributed by atoms with Gasteiger partial charge in [-0.05, 0) is 32.2 Å². The number of halogens is 3. The van der Waals surface area contributed by atoms with Crippen LogP contribution in [-0.2, 0) is 6.18 Å². The first-order valence-corrected chi connectivity index (χ1v) is 6.00. The maximum absolute atomic E-state index is 12.6. The van der Waals surface area contributed by atoms with Gasteiger partial charge in [0.25, 0.3) is 0 Å². The third-order valence-corrected chi connectivity index (χ3v) is 3.50. The molecule has 1 heterocycles. The summed E-state index contributed by atoms with van der Waals surface area (Å²) in [7, 11) is 2.04. The first-order chi connectivity index (χ1) is 8.38. The zero-order valence-electron chi connectivity index (χ0n) is 10.5. The van der Waals surface area contributed by atoms with E-state index in [9.17, 15) is 13.2 Å². The molecule has 0 amide bonds. The minimum Gasteiger partial charge on any atom is -0.369 e. The fourth-order valence-electron chi connectivity index (χ4n) is 2.16.